The Morgan fingerprint density at radius 1 is 1.58 bits per heavy atom. The highest BCUT2D eigenvalue weighted by Crippen LogP contribution is 2.00. The zero-order chi connectivity index (χ0) is 8.81. The first-order valence-corrected chi connectivity index (χ1v) is 3.49. The molecule has 0 fully saturated rings. The molecule has 0 saturated carbocycles. The van der Waals surface area contributed by atoms with Crippen molar-refractivity contribution in [1.29, 1.82) is 5.26 Å². The van der Waals surface area contributed by atoms with Gasteiger partial charge in [0.05, 0.1) is 18.2 Å². The van der Waals surface area contributed by atoms with Crippen LogP contribution in [-0.4, -0.2) is 4.98 Å². The highest BCUT2D eigenvalue weighted by atomic mass is 19.1. The second-order valence-corrected chi connectivity index (χ2v) is 2.15. The normalized spacial score (nSPS) is 10.0. The minimum atomic E-state index is -0.505. The molecule has 0 radical (unpaired) electrons. The predicted octanol–water partition coefficient (Wildman–Crippen LogP) is 2.15. The van der Waals surface area contributed by atoms with E-state index in [9.17, 15) is 4.39 Å². The Hall–Kier alpha value is -1.69. The van der Waals surface area contributed by atoms with Gasteiger partial charge in [0.2, 0.25) is 5.95 Å². The van der Waals surface area contributed by atoms with Gasteiger partial charge in [-0.1, -0.05) is 12.1 Å². The number of rotatable bonds is 2. The molecule has 0 N–H and O–H groups in total. The maximum absolute atomic E-state index is 12.5. The van der Waals surface area contributed by atoms with Gasteiger partial charge >= 0.3 is 0 Å². The fraction of sp³-hybridized carbons (Fsp3) is 0.111. The highest BCUT2D eigenvalue weighted by molar-refractivity contribution is 5.44. The molecule has 0 bridgehead atoms. The average molecular weight is 162 g/mol. The predicted molar refractivity (Wildman–Crippen MR) is 43.5 cm³/mol. The number of hydrogen-bond donors (Lipinski definition) is 0. The molecular weight excluding hydrogens is 155 g/mol. The Bertz CT molecular complexity index is 326. The van der Waals surface area contributed by atoms with Crippen LogP contribution in [0.3, 0.4) is 0 Å². The quantitative estimate of drug-likeness (QED) is 0.624. The standard InChI is InChI=1S/C9H7FN2/c10-9-6-3-5-8(12-9)4-1-2-7-11/h1,3-6H,2H2. The van der Waals surface area contributed by atoms with Crippen LogP contribution < -0.4 is 0 Å². The van der Waals surface area contributed by atoms with E-state index in [1.54, 1.807) is 24.3 Å². The second-order valence-electron chi connectivity index (χ2n) is 2.15. The van der Waals surface area contributed by atoms with Crippen molar-refractivity contribution in [1.82, 2.24) is 4.98 Å². The molecule has 1 aromatic rings. The minimum absolute atomic E-state index is 0.318. The van der Waals surface area contributed by atoms with Crippen molar-refractivity contribution in [3.05, 3.63) is 35.9 Å². The van der Waals surface area contributed by atoms with E-state index in [1.807, 2.05) is 6.07 Å². The van der Waals surface area contributed by atoms with Crippen LogP contribution in [0, 0.1) is 17.3 Å². The van der Waals surface area contributed by atoms with Crippen LogP contribution in [0.15, 0.2) is 24.3 Å². The van der Waals surface area contributed by atoms with Crippen LogP contribution in [-0.2, 0) is 0 Å². The number of aromatic nitrogens is 1. The zero-order valence-corrected chi connectivity index (χ0v) is 6.37. The molecule has 0 atom stereocenters. The maximum atomic E-state index is 12.5. The molecule has 0 aliphatic heterocycles. The molecule has 2 nitrogen and oxygen atoms in total. The van der Waals surface area contributed by atoms with Crippen molar-refractivity contribution in [2.75, 3.05) is 0 Å². The topological polar surface area (TPSA) is 36.7 Å². The van der Waals surface area contributed by atoms with E-state index >= 15 is 0 Å². The second kappa shape index (κ2) is 4.24. The summed E-state index contributed by atoms with van der Waals surface area (Å²) in [4.78, 5) is 3.58. The minimum Gasteiger partial charge on any atom is -0.220 e. The van der Waals surface area contributed by atoms with Crippen LogP contribution in [0.1, 0.15) is 12.1 Å². The number of nitrogens with zero attached hydrogens (tertiary/aromatic N) is 2. The summed E-state index contributed by atoms with van der Waals surface area (Å²) in [5, 5.41) is 8.20. The Balaban J connectivity index is 2.71. The molecule has 12 heavy (non-hydrogen) atoms. The third-order valence-corrected chi connectivity index (χ3v) is 1.23. The van der Waals surface area contributed by atoms with E-state index in [2.05, 4.69) is 4.98 Å². The number of hydrogen-bond acceptors (Lipinski definition) is 2. The van der Waals surface area contributed by atoms with Gasteiger partial charge in [0.25, 0.3) is 0 Å². The van der Waals surface area contributed by atoms with Crippen LogP contribution in [0.25, 0.3) is 6.08 Å². The third-order valence-electron chi connectivity index (χ3n) is 1.23. The third kappa shape index (κ3) is 2.51. The Morgan fingerprint density at radius 3 is 3.08 bits per heavy atom. The molecule has 0 spiro atoms. The van der Waals surface area contributed by atoms with Gasteiger partial charge in [0, 0.05) is 0 Å². The molecule has 1 rings (SSSR count). The molecule has 0 aromatic carbocycles. The molecule has 0 amide bonds. The highest BCUT2D eigenvalue weighted by Gasteiger charge is 1.90. The first-order valence-electron chi connectivity index (χ1n) is 3.49. The molecule has 3 heteroatoms. The van der Waals surface area contributed by atoms with E-state index < -0.39 is 5.95 Å². The van der Waals surface area contributed by atoms with Crippen molar-refractivity contribution in [2.45, 2.75) is 6.42 Å². The summed E-state index contributed by atoms with van der Waals surface area (Å²) in [6.45, 7) is 0. The van der Waals surface area contributed by atoms with Gasteiger partial charge in [-0.05, 0) is 18.2 Å². The van der Waals surface area contributed by atoms with Gasteiger partial charge in [-0.25, -0.2) is 4.98 Å². The molecule has 1 aromatic heterocycles. The number of halogens is 1. The van der Waals surface area contributed by atoms with Gasteiger partial charge in [0.15, 0.2) is 0 Å². The van der Waals surface area contributed by atoms with E-state index in [0.717, 1.165) is 0 Å². The first kappa shape index (κ1) is 8.41. The van der Waals surface area contributed by atoms with E-state index in [0.29, 0.717) is 12.1 Å². The zero-order valence-electron chi connectivity index (χ0n) is 6.37. The Morgan fingerprint density at radius 2 is 2.42 bits per heavy atom. The van der Waals surface area contributed by atoms with Crippen molar-refractivity contribution in [3.63, 3.8) is 0 Å². The van der Waals surface area contributed by atoms with Gasteiger partial charge in [-0.3, -0.25) is 0 Å². The summed E-state index contributed by atoms with van der Waals surface area (Å²) in [6, 6.07) is 6.48. The lowest BCUT2D eigenvalue weighted by atomic mass is 10.3. The van der Waals surface area contributed by atoms with Gasteiger partial charge in [-0.2, -0.15) is 9.65 Å². The van der Waals surface area contributed by atoms with Crippen LogP contribution in [0.4, 0.5) is 4.39 Å². The lowest BCUT2D eigenvalue weighted by Crippen LogP contribution is -1.83. The fourth-order valence-corrected chi connectivity index (χ4v) is 0.749. The Kier molecular flexibility index (Phi) is 2.97. The molecule has 0 unspecified atom stereocenters. The summed E-state index contributed by atoms with van der Waals surface area (Å²) < 4.78 is 12.5. The monoisotopic (exact) mass is 162 g/mol. The van der Waals surface area contributed by atoms with Gasteiger partial charge in [-0.15, -0.1) is 0 Å². The number of pyridine rings is 1. The van der Waals surface area contributed by atoms with Crippen molar-refractivity contribution < 1.29 is 4.39 Å². The van der Waals surface area contributed by atoms with Crippen LogP contribution >= 0.6 is 0 Å². The molecule has 60 valence electrons. The lowest BCUT2D eigenvalue weighted by Gasteiger charge is -1.90. The number of allylic oxidation sites excluding steroid dienone is 1. The molecule has 0 saturated heterocycles. The lowest BCUT2D eigenvalue weighted by molar-refractivity contribution is 0.583. The molecule has 1 heterocycles. The van der Waals surface area contributed by atoms with Crippen molar-refractivity contribution in [2.24, 2.45) is 0 Å². The van der Waals surface area contributed by atoms with Crippen molar-refractivity contribution >= 4 is 6.08 Å². The first-order chi connectivity index (χ1) is 5.83. The SMILES string of the molecule is N#CCC=Cc1cccc(F)n1. The van der Waals surface area contributed by atoms with Gasteiger partial charge < -0.3 is 0 Å². The maximum Gasteiger partial charge on any atom is 0.213 e. The van der Waals surface area contributed by atoms with E-state index in [-0.39, 0.29) is 0 Å². The molecule has 0 aliphatic carbocycles. The van der Waals surface area contributed by atoms with E-state index in [1.165, 1.54) is 6.07 Å². The summed E-state index contributed by atoms with van der Waals surface area (Å²) in [7, 11) is 0. The Labute approximate surface area is 70.0 Å². The molecule has 0 aliphatic rings. The summed E-state index contributed by atoms with van der Waals surface area (Å²) in [5.74, 6) is -0.505. The van der Waals surface area contributed by atoms with E-state index in [4.69, 9.17) is 5.26 Å². The smallest absolute Gasteiger partial charge is 0.213 e. The average Bonchev–Trinajstić information content (AvgIpc) is 2.05. The van der Waals surface area contributed by atoms with Crippen molar-refractivity contribution in [3.8, 4) is 6.07 Å². The van der Waals surface area contributed by atoms with Crippen LogP contribution in [0.2, 0.25) is 0 Å². The van der Waals surface area contributed by atoms with Gasteiger partial charge in [0.1, 0.15) is 0 Å². The number of nitriles is 1. The largest absolute Gasteiger partial charge is 0.220 e. The summed E-state index contributed by atoms with van der Waals surface area (Å²) in [6.07, 6.45) is 3.58. The fourth-order valence-electron chi connectivity index (χ4n) is 0.749. The summed E-state index contributed by atoms with van der Waals surface area (Å²) in [5.41, 5.74) is 0.533. The van der Waals surface area contributed by atoms with Crippen LogP contribution in [0.5, 0.6) is 0 Å². The molecular formula is C9H7FN2. The summed E-state index contributed by atoms with van der Waals surface area (Å²) >= 11 is 0.